The Morgan fingerprint density at radius 2 is 1.25 bits per heavy atom. The van der Waals surface area contributed by atoms with Gasteiger partial charge in [0.25, 0.3) is 0 Å². The van der Waals surface area contributed by atoms with Crippen molar-refractivity contribution in [2.75, 3.05) is 4.90 Å². The first-order chi connectivity index (χ1) is 13.7. The predicted octanol–water partition coefficient (Wildman–Crippen LogP) is 4.66. The highest BCUT2D eigenvalue weighted by Gasteiger charge is 2.67. The topological polar surface area (TPSA) is 62.1 Å². The smallest absolute Gasteiger partial charge is 0.238 e. The van der Waals surface area contributed by atoms with Crippen LogP contribution >= 0.6 is 0 Å². The van der Waals surface area contributed by atoms with Crippen molar-refractivity contribution in [2.45, 2.75) is 6.42 Å². The van der Waals surface area contributed by atoms with Gasteiger partial charge in [-0.05, 0) is 66.5 Å². The number of allylic oxidation sites excluding steroid dienone is 2. The zero-order valence-electron chi connectivity index (χ0n) is 15.2. The predicted molar refractivity (Wildman–Crippen MR) is 104 cm³/mol. The van der Waals surface area contributed by atoms with Crippen LogP contribution in [0.2, 0.25) is 0 Å². The first kappa shape index (κ1) is 15.9. The van der Waals surface area contributed by atoms with Crippen molar-refractivity contribution in [1.29, 1.82) is 0 Å². The molecule has 2 saturated carbocycles. The summed E-state index contributed by atoms with van der Waals surface area (Å²) in [7, 11) is 0. The molecule has 7 rings (SSSR count). The molecule has 1 heterocycles. The van der Waals surface area contributed by atoms with E-state index in [2.05, 4.69) is 22.4 Å². The summed E-state index contributed by atoms with van der Waals surface area (Å²) in [5.41, 5.74) is 2.10. The highest BCUT2D eigenvalue weighted by atomic mass is 16.2. The minimum atomic E-state index is -0.163. The van der Waals surface area contributed by atoms with E-state index in [-0.39, 0.29) is 35.5 Å². The number of amides is 2. The monoisotopic (exact) mass is 369 g/mol. The first-order valence-corrected chi connectivity index (χ1v) is 9.85. The van der Waals surface area contributed by atoms with Gasteiger partial charge in [0, 0.05) is 0 Å². The van der Waals surface area contributed by atoms with Gasteiger partial charge in [0.05, 0.1) is 28.9 Å². The van der Waals surface area contributed by atoms with Gasteiger partial charge < -0.3 is 0 Å². The molecule has 1 saturated heterocycles. The van der Waals surface area contributed by atoms with Crippen molar-refractivity contribution >= 4 is 28.9 Å². The molecule has 1 aliphatic heterocycles. The van der Waals surface area contributed by atoms with Crippen LogP contribution in [0.5, 0.6) is 0 Å². The van der Waals surface area contributed by atoms with E-state index < -0.39 is 0 Å². The average Bonchev–Trinajstić information content (AvgIpc) is 3.52. The molecule has 28 heavy (non-hydrogen) atoms. The Bertz CT molecular complexity index is 992. The molecule has 2 aromatic rings. The molecule has 138 valence electrons. The molecule has 0 aromatic heterocycles. The van der Waals surface area contributed by atoms with Crippen molar-refractivity contribution < 1.29 is 9.59 Å². The van der Waals surface area contributed by atoms with Crippen LogP contribution in [0.25, 0.3) is 0 Å². The van der Waals surface area contributed by atoms with Gasteiger partial charge >= 0.3 is 0 Å². The number of hydrogen-bond donors (Lipinski definition) is 0. The molecule has 2 bridgehead atoms. The molecular formula is C23H19N3O2. The van der Waals surface area contributed by atoms with Gasteiger partial charge in [0.1, 0.15) is 0 Å². The normalized spacial score (nSPS) is 34.8. The number of azo groups is 1. The standard InChI is InChI=1S/C23H19N3O2/c27-22-20-16-10-11-17(19-12-18(16)19)21(20)23(28)26(22)15-8-6-14(7-9-15)25-24-13-4-2-1-3-5-13/h1-11,16-21H,12H2/t16-,17-,18-,19-,20+,21+/m0/s1. The maximum atomic E-state index is 13.1. The molecule has 0 N–H and O–H groups in total. The summed E-state index contributed by atoms with van der Waals surface area (Å²) in [6.07, 6.45) is 5.57. The van der Waals surface area contributed by atoms with Gasteiger partial charge in [0.2, 0.25) is 11.8 Å². The van der Waals surface area contributed by atoms with Crippen molar-refractivity contribution in [3.05, 3.63) is 66.7 Å². The second kappa shape index (κ2) is 5.71. The quantitative estimate of drug-likeness (QED) is 0.449. The summed E-state index contributed by atoms with van der Waals surface area (Å²) in [4.78, 5) is 27.7. The van der Waals surface area contributed by atoms with Crippen molar-refractivity contribution in [2.24, 2.45) is 45.7 Å². The lowest BCUT2D eigenvalue weighted by Gasteiger charge is -2.37. The SMILES string of the molecule is O=C1[C@@H]2[C@H]3C=C[C@@H]([C@@H]4C[C@@H]34)[C@H]2C(=O)N1c1ccc(N=Nc2ccccc2)cc1. The van der Waals surface area contributed by atoms with Crippen LogP contribution in [0.15, 0.2) is 77.0 Å². The van der Waals surface area contributed by atoms with E-state index in [9.17, 15) is 9.59 Å². The number of carbonyl (C=O) groups excluding carboxylic acids is 2. The summed E-state index contributed by atoms with van der Waals surface area (Å²) >= 11 is 0. The first-order valence-electron chi connectivity index (χ1n) is 9.85. The third kappa shape index (κ3) is 2.19. The van der Waals surface area contributed by atoms with Crippen LogP contribution in [0.4, 0.5) is 17.1 Å². The Balaban J connectivity index is 1.26. The minimum absolute atomic E-state index is 0.0293. The molecule has 0 radical (unpaired) electrons. The Morgan fingerprint density at radius 3 is 1.82 bits per heavy atom. The molecule has 5 aliphatic rings. The molecule has 3 fully saturated rings. The lowest BCUT2D eigenvalue weighted by molar-refractivity contribution is -0.124. The van der Waals surface area contributed by atoms with Gasteiger partial charge in [-0.1, -0.05) is 30.4 Å². The van der Waals surface area contributed by atoms with Crippen LogP contribution in [-0.4, -0.2) is 11.8 Å². The molecule has 4 aliphatic carbocycles. The maximum Gasteiger partial charge on any atom is 0.238 e. The number of benzene rings is 2. The molecular weight excluding hydrogens is 350 g/mol. The fourth-order valence-corrected chi connectivity index (χ4v) is 5.49. The Labute approximate surface area is 162 Å². The summed E-state index contributed by atoms with van der Waals surface area (Å²) in [6.45, 7) is 0. The number of anilines is 1. The molecule has 0 spiro atoms. The lowest BCUT2D eigenvalue weighted by atomic mass is 9.63. The minimum Gasteiger partial charge on any atom is -0.274 e. The van der Waals surface area contributed by atoms with Crippen LogP contribution in [0.3, 0.4) is 0 Å². The fourth-order valence-electron chi connectivity index (χ4n) is 5.49. The third-order valence-electron chi connectivity index (χ3n) is 6.81. The lowest BCUT2D eigenvalue weighted by Crippen LogP contribution is -2.40. The zero-order valence-corrected chi connectivity index (χ0v) is 15.2. The summed E-state index contributed by atoms with van der Waals surface area (Å²) in [5.74, 6) is 1.35. The number of carbonyl (C=O) groups is 2. The number of imide groups is 1. The number of hydrogen-bond acceptors (Lipinski definition) is 4. The van der Waals surface area contributed by atoms with E-state index in [1.807, 2.05) is 30.3 Å². The maximum absolute atomic E-state index is 13.1. The Kier molecular flexibility index (Phi) is 3.25. The summed E-state index contributed by atoms with van der Waals surface area (Å²) in [6, 6.07) is 16.7. The highest BCUT2D eigenvalue weighted by Crippen LogP contribution is 2.65. The molecule has 0 unspecified atom stereocenters. The Hall–Kier alpha value is -3.08. The number of rotatable bonds is 3. The van der Waals surface area contributed by atoms with E-state index in [1.165, 1.54) is 11.3 Å². The van der Waals surface area contributed by atoms with Gasteiger partial charge in [0.15, 0.2) is 0 Å². The number of nitrogens with zero attached hydrogens (tertiary/aromatic N) is 3. The second-order valence-corrected chi connectivity index (χ2v) is 8.22. The van der Waals surface area contributed by atoms with E-state index >= 15 is 0 Å². The van der Waals surface area contributed by atoms with Crippen molar-refractivity contribution in [1.82, 2.24) is 0 Å². The summed E-state index contributed by atoms with van der Waals surface area (Å²) in [5, 5.41) is 8.43. The molecule has 2 amide bonds. The van der Waals surface area contributed by atoms with Gasteiger partial charge in [-0.15, -0.1) is 0 Å². The largest absolute Gasteiger partial charge is 0.274 e. The Morgan fingerprint density at radius 1 is 0.714 bits per heavy atom. The van der Waals surface area contributed by atoms with E-state index in [1.54, 1.807) is 24.3 Å². The molecule has 5 nitrogen and oxygen atoms in total. The van der Waals surface area contributed by atoms with Gasteiger partial charge in [-0.3, -0.25) is 14.5 Å². The average molecular weight is 369 g/mol. The van der Waals surface area contributed by atoms with Crippen LogP contribution in [-0.2, 0) is 9.59 Å². The molecule has 5 heteroatoms. The zero-order chi connectivity index (χ0) is 18.8. The second-order valence-electron chi connectivity index (χ2n) is 8.22. The van der Waals surface area contributed by atoms with Gasteiger partial charge in [-0.2, -0.15) is 10.2 Å². The van der Waals surface area contributed by atoms with Crippen LogP contribution in [0, 0.1) is 35.5 Å². The van der Waals surface area contributed by atoms with E-state index in [0.717, 1.165) is 5.69 Å². The summed E-state index contributed by atoms with van der Waals surface area (Å²) < 4.78 is 0. The van der Waals surface area contributed by atoms with E-state index in [4.69, 9.17) is 0 Å². The fraction of sp³-hybridized carbons (Fsp3) is 0.304. The van der Waals surface area contributed by atoms with Crippen molar-refractivity contribution in [3.8, 4) is 0 Å². The van der Waals surface area contributed by atoms with Gasteiger partial charge in [-0.25, -0.2) is 0 Å². The molecule has 6 atom stereocenters. The van der Waals surface area contributed by atoms with Crippen LogP contribution in [0.1, 0.15) is 6.42 Å². The third-order valence-corrected chi connectivity index (χ3v) is 6.81. The van der Waals surface area contributed by atoms with E-state index in [0.29, 0.717) is 23.2 Å². The van der Waals surface area contributed by atoms with Crippen molar-refractivity contribution in [3.63, 3.8) is 0 Å². The highest BCUT2D eigenvalue weighted by molar-refractivity contribution is 6.22. The molecule has 2 aromatic carbocycles. The van der Waals surface area contributed by atoms with Crippen LogP contribution < -0.4 is 4.90 Å².